The lowest BCUT2D eigenvalue weighted by molar-refractivity contribution is -0.145. The minimum absolute atomic E-state index is 0.0107. The highest BCUT2D eigenvalue weighted by atomic mass is 32.2. The van der Waals surface area contributed by atoms with Crippen LogP contribution in [0.25, 0.3) is 6.08 Å². The van der Waals surface area contributed by atoms with E-state index in [-0.39, 0.29) is 19.7 Å². The molecule has 1 saturated heterocycles. The fourth-order valence-electron chi connectivity index (χ4n) is 3.71. The Morgan fingerprint density at radius 1 is 1.03 bits per heavy atom. The minimum atomic E-state index is -4.07. The van der Waals surface area contributed by atoms with Gasteiger partial charge >= 0.3 is 12.1 Å². The third-order valence-electron chi connectivity index (χ3n) is 5.63. The number of ether oxygens (including phenoxy) is 2. The molecule has 3 aromatic carbocycles. The van der Waals surface area contributed by atoms with Crippen LogP contribution in [0.1, 0.15) is 11.1 Å². The van der Waals surface area contributed by atoms with Crippen molar-refractivity contribution in [1.82, 2.24) is 4.31 Å². The molecule has 1 heterocycles. The second-order valence-corrected chi connectivity index (χ2v) is 10.2. The fourth-order valence-corrected chi connectivity index (χ4v) is 4.87. The molecular formula is C27H27N3O6S. The smallest absolute Gasteiger partial charge is 0.414 e. The van der Waals surface area contributed by atoms with Crippen molar-refractivity contribution in [3.05, 3.63) is 101 Å². The zero-order chi connectivity index (χ0) is 26.3. The van der Waals surface area contributed by atoms with Gasteiger partial charge in [-0.3, -0.25) is 9.69 Å². The zero-order valence-corrected chi connectivity index (χ0v) is 20.8. The van der Waals surface area contributed by atoms with Crippen molar-refractivity contribution in [2.45, 2.75) is 12.7 Å². The largest absolute Gasteiger partial charge is 0.460 e. The molecule has 0 spiro atoms. The maximum absolute atomic E-state index is 13.2. The summed E-state index contributed by atoms with van der Waals surface area (Å²) in [5.74, 6) is -0.722. The number of rotatable bonds is 10. The Morgan fingerprint density at radius 3 is 2.35 bits per heavy atom. The number of nitrogens with zero attached hydrogens (tertiary/aromatic N) is 2. The van der Waals surface area contributed by atoms with Crippen molar-refractivity contribution in [2.75, 3.05) is 30.3 Å². The maximum Gasteiger partial charge on any atom is 0.414 e. The van der Waals surface area contributed by atoms with E-state index in [2.05, 4.69) is 0 Å². The summed E-state index contributed by atoms with van der Waals surface area (Å²) < 4.78 is 38.2. The molecule has 2 N–H and O–H groups in total. The summed E-state index contributed by atoms with van der Waals surface area (Å²) in [6, 6.07) is 24.7. The van der Waals surface area contributed by atoms with Gasteiger partial charge in [-0.05, 0) is 41.5 Å². The second-order valence-electron chi connectivity index (χ2n) is 8.41. The summed E-state index contributed by atoms with van der Waals surface area (Å²) in [6.07, 6.45) is 0.0318. The van der Waals surface area contributed by atoms with Crippen LogP contribution in [0.5, 0.6) is 0 Å². The molecule has 0 bridgehead atoms. The van der Waals surface area contributed by atoms with Gasteiger partial charge in [0.1, 0.15) is 19.3 Å². The van der Waals surface area contributed by atoms with Crippen LogP contribution in [-0.2, 0) is 30.9 Å². The molecule has 0 saturated carbocycles. The van der Waals surface area contributed by atoms with Gasteiger partial charge in [-0.2, -0.15) is 4.31 Å². The van der Waals surface area contributed by atoms with Gasteiger partial charge in [-0.25, -0.2) is 13.2 Å². The highest BCUT2D eigenvalue weighted by Crippen LogP contribution is 2.24. The summed E-state index contributed by atoms with van der Waals surface area (Å²) in [5, 5.41) is 1.03. The van der Waals surface area contributed by atoms with Crippen LogP contribution in [0.15, 0.2) is 90.3 Å². The van der Waals surface area contributed by atoms with Crippen molar-refractivity contribution in [3.8, 4) is 0 Å². The first-order valence-electron chi connectivity index (χ1n) is 11.6. The quantitative estimate of drug-likeness (QED) is 0.320. The number of hydrogen-bond donors (Lipinski definition) is 1. The van der Waals surface area contributed by atoms with Crippen molar-refractivity contribution in [3.63, 3.8) is 0 Å². The first-order chi connectivity index (χ1) is 17.8. The molecule has 192 valence electrons. The number of nitrogens with two attached hydrogens (primary N) is 1. The molecule has 1 amide bonds. The number of carbonyl (C=O) groups excluding carboxylic acids is 2. The molecule has 9 nitrogen and oxygen atoms in total. The topological polar surface area (TPSA) is 119 Å². The molecule has 0 aliphatic carbocycles. The molecular weight excluding hydrogens is 494 g/mol. The third kappa shape index (κ3) is 7.18. The number of esters is 1. The molecule has 0 radical (unpaired) electrons. The second kappa shape index (κ2) is 11.7. The number of cyclic esters (lactones) is 1. The number of amides is 1. The summed E-state index contributed by atoms with van der Waals surface area (Å²) in [7, 11) is -4.07. The van der Waals surface area contributed by atoms with E-state index in [4.69, 9.17) is 15.2 Å². The summed E-state index contributed by atoms with van der Waals surface area (Å²) >= 11 is 0. The maximum atomic E-state index is 13.2. The molecule has 37 heavy (non-hydrogen) atoms. The van der Waals surface area contributed by atoms with E-state index in [1.54, 1.807) is 60.7 Å². The first-order valence-corrected chi connectivity index (χ1v) is 13.1. The number of anilines is 2. The van der Waals surface area contributed by atoms with Crippen LogP contribution in [0.4, 0.5) is 16.2 Å². The molecule has 4 rings (SSSR count). The minimum Gasteiger partial charge on any atom is -0.460 e. The predicted molar refractivity (Wildman–Crippen MR) is 141 cm³/mol. The van der Waals surface area contributed by atoms with Gasteiger partial charge in [-0.15, -0.1) is 0 Å². The van der Waals surface area contributed by atoms with E-state index in [0.717, 1.165) is 15.3 Å². The molecule has 1 aliphatic heterocycles. The Morgan fingerprint density at radius 2 is 1.68 bits per heavy atom. The third-order valence-corrected chi connectivity index (χ3v) is 7.10. The van der Waals surface area contributed by atoms with Crippen LogP contribution < -0.4 is 10.6 Å². The predicted octanol–water partition coefficient (Wildman–Crippen LogP) is 3.64. The Labute approximate surface area is 215 Å². The first kappa shape index (κ1) is 25.9. The van der Waals surface area contributed by atoms with Crippen molar-refractivity contribution >= 4 is 39.5 Å². The molecule has 1 aliphatic rings. The number of sulfonamides is 1. The van der Waals surface area contributed by atoms with Crippen LogP contribution in [-0.4, -0.2) is 50.5 Å². The van der Waals surface area contributed by atoms with Gasteiger partial charge in [0.05, 0.1) is 13.1 Å². The van der Waals surface area contributed by atoms with Gasteiger partial charge < -0.3 is 15.2 Å². The lowest BCUT2D eigenvalue weighted by atomic mass is 10.2. The Kier molecular flexibility index (Phi) is 8.22. The van der Waals surface area contributed by atoms with Gasteiger partial charge in [0.2, 0.25) is 10.0 Å². The van der Waals surface area contributed by atoms with Crippen molar-refractivity contribution in [1.29, 1.82) is 0 Å². The molecule has 1 fully saturated rings. The average molecular weight is 522 g/mol. The SMILES string of the molecule is Nc1ccc(N2CC(CN(CC(=O)OCc3ccccc3)S(=O)(=O)C=Cc3ccccc3)OC2=O)cc1. The van der Waals surface area contributed by atoms with Crippen molar-refractivity contribution < 1.29 is 27.5 Å². The standard InChI is InChI=1S/C27H27N3O6S/c28-23-11-13-24(14-12-23)30-18-25(36-27(30)32)17-29(19-26(31)35-20-22-9-5-2-6-10-22)37(33,34)16-15-21-7-3-1-4-8-21/h1-16,25H,17-20,28H2. The molecule has 3 aromatic rings. The Hall–Kier alpha value is -4.15. The highest BCUT2D eigenvalue weighted by molar-refractivity contribution is 7.92. The number of benzene rings is 3. The lowest BCUT2D eigenvalue weighted by Gasteiger charge is -2.22. The Bertz CT molecular complexity index is 1350. The van der Waals surface area contributed by atoms with E-state index in [1.807, 2.05) is 24.3 Å². The molecule has 1 atom stereocenters. The van der Waals surface area contributed by atoms with Gasteiger partial charge in [-0.1, -0.05) is 60.7 Å². The fraction of sp³-hybridized carbons (Fsp3) is 0.185. The van der Waals surface area contributed by atoms with Gasteiger partial charge in [0.15, 0.2) is 0 Å². The van der Waals surface area contributed by atoms with E-state index < -0.39 is 34.7 Å². The summed E-state index contributed by atoms with van der Waals surface area (Å²) in [4.78, 5) is 26.5. The van der Waals surface area contributed by atoms with Crippen LogP contribution in [0.2, 0.25) is 0 Å². The summed E-state index contributed by atoms with van der Waals surface area (Å²) in [5.41, 5.74) is 8.29. The van der Waals surface area contributed by atoms with Crippen LogP contribution >= 0.6 is 0 Å². The molecule has 10 heteroatoms. The summed E-state index contributed by atoms with van der Waals surface area (Å²) in [6.45, 7) is -0.643. The zero-order valence-electron chi connectivity index (χ0n) is 20.0. The van der Waals surface area contributed by atoms with Gasteiger partial charge in [0.25, 0.3) is 0 Å². The number of carbonyl (C=O) groups is 2. The van der Waals surface area contributed by atoms with E-state index in [1.165, 1.54) is 11.0 Å². The number of nitrogen functional groups attached to an aromatic ring is 1. The van der Waals surface area contributed by atoms with E-state index >= 15 is 0 Å². The van der Waals surface area contributed by atoms with E-state index in [9.17, 15) is 18.0 Å². The lowest BCUT2D eigenvalue weighted by Crippen LogP contribution is -2.41. The van der Waals surface area contributed by atoms with Crippen LogP contribution in [0, 0.1) is 0 Å². The monoisotopic (exact) mass is 521 g/mol. The van der Waals surface area contributed by atoms with Crippen molar-refractivity contribution in [2.24, 2.45) is 0 Å². The normalized spacial score (nSPS) is 15.8. The molecule has 1 unspecified atom stereocenters. The highest BCUT2D eigenvalue weighted by Gasteiger charge is 2.36. The Balaban J connectivity index is 1.48. The average Bonchev–Trinajstić information content (AvgIpc) is 3.27. The van der Waals surface area contributed by atoms with Crippen LogP contribution in [0.3, 0.4) is 0 Å². The molecule has 0 aromatic heterocycles. The number of hydrogen-bond acceptors (Lipinski definition) is 7. The van der Waals surface area contributed by atoms with E-state index in [0.29, 0.717) is 16.9 Å². The van der Waals surface area contributed by atoms with Gasteiger partial charge in [0, 0.05) is 16.8 Å².